The smallest absolute Gasteiger partial charge is 0.304 e. The molecule has 3 aromatic rings. The predicted octanol–water partition coefficient (Wildman–Crippen LogP) is 3.28. The molecule has 2 aromatic heterocycles. The summed E-state index contributed by atoms with van der Waals surface area (Å²) in [5.74, 6) is 0.783. The molecule has 0 spiro atoms. The van der Waals surface area contributed by atoms with Crippen LogP contribution >= 0.6 is 23.6 Å². The van der Waals surface area contributed by atoms with Crippen molar-refractivity contribution in [3.63, 3.8) is 0 Å². The second-order valence-electron chi connectivity index (χ2n) is 5.01. The Kier molecular flexibility index (Phi) is 3.69. The quantitative estimate of drug-likeness (QED) is 0.725. The molecule has 110 valence electrons. The molecule has 0 unspecified atom stereocenters. The maximum atomic E-state index is 11.2. The predicted molar refractivity (Wildman–Crippen MR) is 86.9 cm³/mol. The summed E-state index contributed by atoms with van der Waals surface area (Å²) in [5.41, 5.74) is 2.69. The van der Waals surface area contributed by atoms with Gasteiger partial charge >= 0.3 is 4.87 Å². The van der Waals surface area contributed by atoms with Gasteiger partial charge in [0.1, 0.15) is 11.3 Å². The average molecular weight is 321 g/mol. The first-order valence-corrected chi connectivity index (χ1v) is 7.88. The number of fused-ring (bicyclic) bond motifs is 1. The molecule has 0 atom stereocenters. The van der Waals surface area contributed by atoms with Crippen LogP contribution in [0.3, 0.4) is 0 Å². The molecule has 3 rings (SSSR count). The minimum absolute atomic E-state index is 0.0554. The molecular weight excluding hydrogens is 306 g/mol. The van der Waals surface area contributed by atoms with Gasteiger partial charge in [0.2, 0.25) is 0 Å². The standard InChI is InChI=1S/C14H15N3O2S2/c1-8(2)19-11-5-3-4-10-12(11)16-13(20)17(10)6-9-7-21-14(18)15-9/h3-5,7-8H,6H2,1-2H3,(H,15,18)(H,16,20). The van der Waals surface area contributed by atoms with E-state index in [0.717, 1.165) is 33.8 Å². The molecule has 0 fully saturated rings. The van der Waals surface area contributed by atoms with Crippen molar-refractivity contribution in [2.45, 2.75) is 26.5 Å². The highest BCUT2D eigenvalue weighted by Gasteiger charge is 2.11. The number of benzene rings is 1. The Bertz CT molecular complexity index is 885. The largest absolute Gasteiger partial charge is 0.489 e. The number of nitrogens with zero attached hydrogens (tertiary/aromatic N) is 1. The third-order valence-corrected chi connectivity index (χ3v) is 4.08. The van der Waals surface area contributed by atoms with Gasteiger partial charge in [-0.1, -0.05) is 17.4 Å². The molecule has 0 aliphatic carbocycles. The van der Waals surface area contributed by atoms with Crippen molar-refractivity contribution in [1.29, 1.82) is 0 Å². The van der Waals surface area contributed by atoms with Crippen molar-refractivity contribution in [3.05, 3.63) is 43.7 Å². The summed E-state index contributed by atoms with van der Waals surface area (Å²) in [6.45, 7) is 4.50. The van der Waals surface area contributed by atoms with E-state index in [4.69, 9.17) is 17.0 Å². The Hall–Kier alpha value is -1.86. The summed E-state index contributed by atoms with van der Waals surface area (Å²) < 4.78 is 8.37. The zero-order chi connectivity index (χ0) is 15.0. The van der Waals surface area contributed by atoms with E-state index >= 15 is 0 Å². The van der Waals surface area contributed by atoms with Crippen LogP contribution in [0.25, 0.3) is 11.0 Å². The Morgan fingerprint density at radius 3 is 2.86 bits per heavy atom. The van der Waals surface area contributed by atoms with Gasteiger partial charge in [0, 0.05) is 11.1 Å². The molecule has 0 aliphatic heterocycles. The highest BCUT2D eigenvalue weighted by Crippen LogP contribution is 2.26. The monoisotopic (exact) mass is 321 g/mol. The van der Waals surface area contributed by atoms with Gasteiger partial charge < -0.3 is 19.3 Å². The van der Waals surface area contributed by atoms with Gasteiger partial charge in [0.05, 0.1) is 18.2 Å². The Labute approximate surface area is 130 Å². The third-order valence-electron chi connectivity index (χ3n) is 3.03. The van der Waals surface area contributed by atoms with Crippen LogP contribution in [0.15, 0.2) is 28.4 Å². The maximum Gasteiger partial charge on any atom is 0.304 e. The summed E-state index contributed by atoms with van der Waals surface area (Å²) in [7, 11) is 0. The molecule has 0 amide bonds. The van der Waals surface area contributed by atoms with Gasteiger partial charge in [0.25, 0.3) is 0 Å². The van der Waals surface area contributed by atoms with Crippen LogP contribution in [0.2, 0.25) is 0 Å². The lowest BCUT2D eigenvalue weighted by Crippen LogP contribution is -2.06. The Morgan fingerprint density at radius 1 is 1.38 bits per heavy atom. The van der Waals surface area contributed by atoms with Crippen LogP contribution in [-0.2, 0) is 6.54 Å². The number of aromatic nitrogens is 3. The second kappa shape index (κ2) is 5.50. The van der Waals surface area contributed by atoms with Crippen molar-refractivity contribution in [1.82, 2.24) is 14.5 Å². The van der Waals surface area contributed by atoms with Gasteiger partial charge in [-0.25, -0.2) is 0 Å². The Balaban J connectivity index is 2.09. The number of hydrogen-bond acceptors (Lipinski definition) is 4. The fourth-order valence-electron chi connectivity index (χ4n) is 2.22. The fourth-order valence-corrected chi connectivity index (χ4v) is 3.06. The third kappa shape index (κ3) is 2.79. The topological polar surface area (TPSA) is 62.8 Å². The highest BCUT2D eigenvalue weighted by molar-refractivity contribution is 7.71. The zero-order valence-corrected chi connectivity index (χ0v) is 13.3. The van der Waals surface area contributed by atoms with Crippen molar-refractivity contribution in [2.75, 3.05) is 0 Å². The molecule has 0 saturated heterocycles. The van der Waals surface area contributed by atoms with Gasteiger partial charge in [-0.05, 0) is 38.2 Å². The average Bonchev–Trinajstić information content (AvgIpc) is 2.96. The van der Waals surface area contributed by atoms with Crippen LogP contribution in [0, 0.1) is 4.77 Å². The number of ether oxygens (including phenoxy) is 1. The number of aromatic amines is 2. The van der Waals surface area contributed by atoms with E-state index in [2.05, 4.69) is 9.97 Å². The lowest BCUT2D eigenvalue weighted by Gasteiger charge is -2.10. The molecule has 2 N–H and O–H groups in total. The number of H-pyrrole nitrogens is 2. The molecule has 1 aromatic carbocycles. The second-order valence-corrected chi connectivity index (χ2v) is 6.24. The number of rotatable bonds is 4. The molecule has 21 heavy (non-hydrogen) atoms. The summed E-state index contributed by atoms with van der Waals surface area (Å²) in [6, 6.07) is 5.85. The first-order valence-electron chi connectivity index (χ1n) is 6.59. The molecular formula is C14H15N3O2S2. The van der Waals surface area contributed by atoms with E-state index in [9.17, 15) is 4.79 Å². The van der Waals surface area contributed by atoms with E-state index in [0.29, 0.717) is 11.3 Å². The first-order chi connectivity index (χ1) is 10.0. The van der Waals surface area contributed by atoms with Crippen molar-refractivity contribution < 1.29 is 4.74 Å². The summed E-state index contributed by atoms with van der Waals surface area (Å²) in [5, 5.41) is 1.82. The summed E-state index contributed by atoms with van der Waals surface area (Å²) >= 11 is 6.55. The minimum atomic E-state index is -0.0554. The van der Waals surface area contributed by atoms with Crippen LogP contribution in [0.5, 0.6) is 5.75 Å². The number of imidazole rings is 1. The molecule has 0 saturated carbocycles. The van der Waals surface area contributed by atoms with Gasteiger partial charge in [-0.3, -0.25) is 4.79 Å². The van der Waals surface area contributed by atoms with Crippen molar-refractivity contribution >= 4 is 34.6 Å². The molecule has 5 nitrogen and oxygen atoms in total. The molecule has 7 heteroatoms. The van der Waals surface area contributed by atoms with E-state index in [1.807, 2.05) is 42.0 Å². The van der Waals surface area contributed by atoms with E-state index in [1.165, 1.54) is 0 Å². The SMILES string of the molecule is CC(C)Oc1cccc2c1[nH]c(=S)n2Cc1csc(=O)[nH]1. The lowest BCUT2D eigenvalue weighted by atomic mass is 10.3. The van der Waals surface area contributed by atoms with Crippen LogP contribution in [-0.4, -0.2) is 20.6 Å². The summed E-state index contributed by atoms with van der Waals surface area (Å²) in [6.07, 6.45) is 0.0918. The van der Waals surface area contributed by atoms with Crippen molar-refractivity contribution in [2.24, 2.45) is 0 Å². The van der Waals surface area contributed by atoms with Crippen LogP contribution < -0.4 is 9.61 Å². The molecule has 2 heterocycles. The highest BCUT2D eigenvalue weighted by atomic mass is 32.1. The van der Waals surface area contributed by atoms with Crippen molar-refractivity contribution in [3.8, 4) is 5.75 Å². The molecule has 0 aliphatic rings. The van der Waals surface area contributed by atoms with E-state index in [-0.39, 0.29) is 11.0 Å². The summed E-state index contributed by atoms with van der Waals surface area (Å²) in [4.78, 5) is 17.2. The fraction of sp³-hybridized carbons (Fsp3) is 0.286. The van der Waals surface area contributed by atoms with E-state index in [1.54, 1.807) is 0 Å². The minimum Gasteiger partial charge on any atom is -0.489 e. The number of para-hydroxylation sites is 1. The number of nitrogens with one attached hydrogen (secondary N) is 2. The van der Waals surface area contributed by atoms with Gasteiger partial charge in [0.15, 0.2) is 4.77 Å². The Morgan fingerprint density at radius 2 is 2.19 bits per heavy atom. The van der Waals surface area contributed by atoms with Crippen LogP contribution in [0.1, 0.15) is 19.5 Å². The number of hydrogen-bond donors (Lipinski definition) is 2. The molecule has 0 radical (unpaired) electrons. The molecule has 0 bridgehead atoms. The lowest BCUT2D eigenvalue weighted by molar-refractivity contribution is 0.245. The number of thiazole rings is 1. The van der Waals surface area contributed by atoms with Gasteiger partial charge in [-0.15, -0.1) is 0 Å². The normalized spacial score (nSPS) is 11.4. The van der Waals surface area contributed by atoms with E-state index < -0.39 is 0 Å². The van der Waals surface area contributed by atoms with Gasteiger partial charge in [-0.2, -0.15) is 0 Å². The first kappa shape index (κ1) is 14.1. The zero-order valence-electron chi connectivity index (χ0n) is 11.7. The maximum absolute atomic E-state index is 11.2. The van der Waals surface area contributed by atoms with Crippen LogP contribution in [0.4, 0.5) is 0 Å².